The van der Waals surface area contributed by atoms with Crippen molar-refractivity contribution in [3.8, 4) is 23.6 Å². The summed E-state index contributed by atoms with van der Waals surface area (Å²) in [5.41, 5.74) is 3.34. The molecule has 0 fully saturated rings. The second kappa shape index (κ2) is 10.9. The van der Waals surface area contributed by atoms with Crippen LogP contribution >= 0.6 is 34.2 Å². The number of rotatable bonds is 7. The van der Waals surface area contributed by atoms with Crippen LogP contribution in [0.4, 0.5) is 0 Å². The summed E-state index contributed by atoms with van der Waals surface area (Å²) in [7, 11) is 0. The Balaban J connectivity index is 1.95. The minimum absolute atomic E-state index is 0.315. The molecule has 0 atom stereocenters. The topological polar surface area (TPSA) is 66.0 Å². The quantitative estimate of drug-likeness (QED) is 0.187. The van der Waals surface area contributed by atoms with Crippen molar-refractivity contribution in [2.24, 2.45) is 0 Å². The lowest BCUT2D eigenvalue weighted by Crippen LogP contribution is -2.02. The zero-order chi connectivity index (χ0) is 22.2. The van der Waals surface area contributed by atoms with Gasteiger partial charge in [-0.1, -0.05) is 41.9 Å². The molecule has 3 rings (SSSR count). The average Bonchev–Trinajstić information content (AvgIpc) is 2.78. The molecule has 0 bridgehead atoms. The van der Waals surface area contributed by atoms with Crippen molar-refractivity contribution in [2.75, 3.05) is 6.61 Å². The zero-order valence-electron chi connectivity index (χ0n) is 16.7. The van der Waals surface area contributed by atoms with Crippen LogP contribution in [0.5, 0.6) is 11.5 Å². The fourth-order valence-corrected chi connectivity index (χ4v) is 3.91. The smallest absolute Gasteiger partial charge is 0.175 e. The minimum Gasteiger partial charge on any atom is -0.490 e. The summed E-state index contributed by atoms with van der Waals surface area (Å²) in [5.74, 6) is 1.22. The van der Waals surface area contributed by atoms with Gasteiger partial charge in [0.15, 0.2) is 11.5 Å². The molecule has 0 saturated carbocycles. The molecule has 154 valence electrons. The fraction of sp³-hybridized carbons (Fsp3) is 0.120. The van der Waals surface area contributed by atoms with Gasteiger partial charge in [-0.2, -0.15) is 10.5 Å². The van der Waals surface area contributed by atoms with Crippen LogP contribution < -0.4 is 9.47 Å². The van der Waals surface area contributed by atoms with E-state index in [1.807, 2.05) is 49.4 Å². The molecule has 0 aromatic heterocycles. The number of hydrogen-bond acceptors (Lipinski definition) is 4. The number of allylic oxidation sites excluding steroid dienone is 1. The maximum atomic E-state index is 9.67. The van der Waals surface area contributed by atoms with E-state index in [0.717, 1.165) is 14.7 Å². The Kier molecular flexibility index (Phi) is 7.94. The van der Waals surface area contributed by atoms with E-state index < -0.39 is 0 Å². The van der Waals surface area contributed by atoms with Crippen LogP contribution in [0.1, 0.15) is 29.2 Å². The second-order valence-corrected chi connectivity index (χ2v) is 8.07. The van der Waals surface area contributed by atoms with Gasteiger partial charge in [0.25, 0.3) is 0 Å². The first-order valence-electron chi connectivity index (χ1n) is 9.50. The third kappa shape index (κ3) is 5.79. The number of ether oxygens (including phenoxy) is 2. The van der Waals surface area contributed by atoms with Gasteiger partial charge in [0.2, 0.25) is 0 Å². The molecular weight excluding hydrogens is 523 g/mol. The van der Waals surface area contributed by atoms with Crippen LogP contribution in [-0.2, 0) is 6.61 Å². The molecule has 4 nitrogen and oxygen atoms in total. The molecule has 0 N–H and O–H groups in total. The summed E-state index contributed by atoms with van der Waals surface area (Å²) in [6.45, 7) is 2.69. The summed E-state index contributed by atoms with van der Waals surface area (Å²) in [5, 5.41) is 19.4. The van der Waals surface area contributed by atoms with Crippen LogP contribution in [0.25, 0.3) is 11.6 Å². The molecule has 0 heterocycles. The van der Waals surface area contributed by atoms with Gasteiger partial charge in [0.1, 0.15) is 6.61 Å². The van der Waals surface area contributed by atoms with Gasteiger partial charge in [-0.25, -0.2) is 0 Å². The zero-order valence-corrected chi connectivity index (χ0v) is 19.6. The van der Waals surface area contributed by atoms with Gasteiger partial charge in [-0.3, -0.25) is 0 Å². The monoisotopic (exact) mass is 540 g/mol. The van der Waals surface area contributed by atoms with Crippen molar-refractivity contribution in [1.82, 2.24) is 0 Å². The van der Waals surface area contributed by atoms with Crippen molar-refractivity contribution in [3.63, 3.8) is 0 Å². The van der Waals surface area contributed by atoms with Gasteiger partial charge < -0.3 is 9.47 Å². The van der Waals surface area contributed by atoms with Gasteiger partial charge in [-0.15, -0.1) is 0 Å². The Hall–Kier alpha value is -3.00. The van der Waals surface area contributed by atoms with Crippen LogP contribution in [0, 0.1) is 26.2 Å². The Morgan fingerprint density at radius 1 is 1.06 bits per heavy atom. The van der Waals surface area contributed by atoms with Gasteiger partial charge in [0, 0.05) is 10.6 Å². The molecule has 0 radical (unpaired) electrons. The SMILES string of the molecule is CCOc1cc(C=C(C#N)c2cccc(C#N)c2)cc(I)c1OCc1ccccc1Cl. The first-order chi connectivity index (χ1) is 15.0. The van der Waals surface area contributed by atoms with E-state index in [0.29, 0.717) is 46.4 Å². The highest BCUT2D eigenvalue weighted by molar-refractivity contribution is 14.1. The third-order valence-corrected chi connectivity index (χ3v) is 5.57. The molecule has 0 aliphatic rings. The van der Waals surface area contributed by atoms with Crippen LogP contribution in [0.3, 0.4) is 0 Å². The normalized spacial score (nSPS) is 10.8. The number of hydrogen-bond donors (Lipinski definition) is 0. The predicted octanol–water partition coefficient (Wildman–Crippen LogP) is 6.86. The van der Waals surface area contributed by atoms with E-state index in [4.69, 9.17) is 26.3 Å². The molecular formula is C25H18ClIN2O2. The largest absolute Gasteiger partial charge is 0.490 e. The molecule has 3 aromatic rings. The van der Waals surface area contributed by atoms with E-state index in [2.05, 4.69) is 34.7 Å². The lowest BCUT2D eigenvalue weighted by Gasteiger charge is -2.15. The average molecular weight is 541 g/mol. The van der Waals surface area contributed by atoms with Gasteiger partial charge in [-0.05, 0) is 77.0 Å². The van der Waals surface area contributed by atoms with Crippen LogP contribution in [-0.4, -0.2) is 6.61 Å². The Bertz CT molecular complexity index is 1210. The lowest BCUT2D eigenvalue weighted by molar-refractivity contribution is 0.267. The molecule has 0 amide bonds. The fourth-order valence-electron chi connectivity index (χ4n) is 2.94. The molecule has 0 aliphatic heterocycles. The standard InChI is InChI=1S/C25H18ClIN2O2/c1-2-30-24-13-18(11-21(15-29)19-8-5-6-17(10-19)14-28)12-23(27)25(24)31-16-20-7-3-4-9-22(20)26/h3-13H,2,16H2,1H3. The van der Waals surface area contributed by atoms with E-state index in [1.165, 1.54) is 0 Å². The molecule has 6 heteroatoms. The first-order valence-corrected chi connectivity index (χ1v) is 11.0. The maximum absolute atomic E-state index is 9.67. The maximum Gasteiger partial charge on any atom is 0.175 e. The van der Waals surface area contributed by atoms with E-state index in [9.17, 15) is 5.26 Å². The highest BCUT2D eigenvalue weighted by Crippen LogP contribution is 2.36. The molecule has 0 saturated heterocycles. The second-order valence-electron chi connectivity index (χ2n) is 6.51. The van der Waals surface area contributed by atoms with Crippen molar-refractivity contribution in [3.05, 3.63) is 91.5 Å². The number of benzene rings is 3. The van der Waals surface area contributed by atoms with E-state index in [1.54, 1.807) is 24.3 Å². The van der Waals surface area contributed by atoms with Crippen molar-refractivity contribution in [2.45, 2.75) is 13.5 Å². The molecule has 0 unspecified atom stereocenters. The van der Waals surface area contributed by atoms with E-state index in [-0.39, 0.29) is 0 Å². The highest BCUT2D eigenvalue weighted by atomic mass is 127. The summed E-state index contributed by atoms with van der Waals surface area (Å²) < 4.78 is 12.7. The molecule has 0 spiro atoms. The van der Waals surface area contributed by atoms with E-state index >= 15 is 0 Å². The Morgan fingerprint density at radius 2 is 1.87 bits per heavy atom. The first kappa shape index (κ1) is 22.7. The summed E-state index contributed by atoms with van der Waals surface area (Å²) in [6.07, 6.45) is 1.78. The molecule has 0 aliphatic carbocycles. The number of nitriles is 2. The van der Waals surface area contributed by atoms with Gasteiger partial charge in [0.05, 0.1) is 33.5 Å². The Morgan fingerprint density at radius 3 is 2.58 bits per heavy atom. The highest BCUT2D eigenvalue weighted by Gasteiger charge is 2.14. The van der Waals surface area contributed by atoms with Crippen LogP contribution in [0.2, 0.25) is 5.02 Å². The number of halogens is 2. The van der Waals surface area contributed by atoms with Crippen molar-refractivity contribution in [1.29, 1.82) is 10.5 Å². The molecule has 3 aromatic carbocycles. The predicted molar refractivity (Wildman–Crippen MR) is 131 cm³/mol. The summed E-state index contributed by atoms with van der Waals surface area (Å²) in [4.78, 5) is 0. The minimum atomic E-state index is 0.315. The summed E-state index contributed by atoms with van der Waals surface area (Å²) in [6, 6.07) is 22.6. The molecule has 31 heavy (non-hydrogen) atoms. The van der Waals surface area contributed by atoms with Crippen molar-refractivity contribution >= 4 is 45.8 Å². The summed E-state index contributed by atoms with van der Waals surface area (Å²) >= 11 is 8.43. The lowest BCUT2D eigenvalue weighted by atomic mass is 10.0. The Labute approximate surface area is 200 Å². The van der Waals surface area contributed by atoms with Crippen LogP contribution in [0.15, 0.2) is 60.7 Å². The number of nitrogens with zero attached hydrogens (tertiary/aromatic N) is 2. The third-order valence-electron chi connectivity index (χ3n) is 4.40. The van der Waals surface area contributed by atoms with Gasteiger partial charge >= 0.3 is 0 Å². The van der Waals surface area contributed by atoms with Crippen molar-refractivity contribution < 1.29 is 9.47 Å².